The van der Waals surface area contributed by atoms with E-state index in [1.54, 1.807) is 4.90 Å². The van der Waals surface area contributed by atoms with Crippen molar-refractivity contribution in [2.45, 2.75) is 43.9 Å². The first-order chi connectivity index (χ1) is 7.48. The number of hydrogen-bond acceptors (Lipinski definition) is 2. The van der Waals surface area contributed by atoms with Gasteiger partial charge in [-0.2, -0.15) is 13.2 Å². The number of halogens is 3. The van der Waals surface area contributed by atoms with Gasteiger partial charge in [0.2, 0.25) is 0 Å². The predicted molar refractivity (Wildman–Crippen MR) is 56.3 cm³/mol. The van der Waals surface area contributed by atoms with Crippen molar-refractivity contribution in [3.63, 3.8) is 0 Å². The molecule has 0 unspecified atom stereocenters. The minimum absolute atomic E-state index is 0.144. The number of nitrogens with zero attached hydrogens (tertiary/aromatic N) is 2. The highest BCUT2D eigenvalue weighted by atomic mass is 19.4. The quantitative estimate of drug-likeness (QED) is 0.688. The minimum Gasteiger partial charge on any atom is -0.306 e. The van der Waals surface area contributed by atoms with Gasteiger partial charge in [-0.1, -0.05) is 0 Å². The minimum atomic E-state index is -4.04. The molecule has 16 heavy (non-hydrogen) atoms. The molecule has 2 aliphatic rings. The molecule has 0 aromatic carbocycles. The number of rotatable bonds is 1. The lowest BCUT2D eigenvalue weighted by Gasteiger charge is -2.38. The molecule has 0 bridgehead atoms. The lowest BCUT2D eigenvalue weighted by molar-refractivity contribution is -0.182. The van der Waals surface area contributed by atoms with E-state index in [0.29, 0.717) is 13.0 Å². The Bertz CT molecular complexity index is 234. The van der Waals surface area contributed by atoms with Gasteiger partial charge in [0.05, 0.1) is 0 Å². The van der Waals surface area contributed by atoms with Crippen molar-refractivity contribution in [2.75, 3.05) is 26.7 Å². The Labute approximate surface area is 94.4 Å². The molecule has 0 aliphatic carbocycles. The zero-order valence-corrected chi connectivity index (χ0v) is 9.63. The first kappa shape index (κ1) is 12.2. The molecule has 0 aromatic rings. The van der Waals surface area contributed by atoms with Crippen LogP contribution in [0.25, 0.3) is 0 Å². The van der Waals surface area contributed by atoms with Crippen LogP contribution in [0.15, 0.2) is 0 Å². The summed E-state index contributed by atoms with van der Waals surface area (Å²) in [6, 6.07) is -1.04. The maximum absolute atomic E-state index is 12.8. The van der Waals surface area contributed by atoms with E-state index < -0.39 is 12.2 Å². The third-order valence-electron chi connectivity index (χ3n) is 3.83. The largest absolute Gasteiger partial charge is 0.404 e. The molecule has 0 saturated carbocycles. The fraction of sp³-hybridized carbons (Fsp3) is 1.00. The highest BCUT2D eigenvalue weighted by Crippen LogP contribution is 2.35. The van der Waals surface area contributed by atoms with Crippen molar-refractivity contribution in [1.29, 1.82) is 0 Å². The van der Waals surface area contributed by atoms with Crippen LogP contribution in [-0.2, 0) is 0 Å². The molecular formula is C11H19F3N2. The summed E-state index contributed by atoms with van der Waals surface area (Å²) in [7, 11) is 2.03. The molecule has 2 saturated heterocycles. The smallest absolute Gasteiger partial charge is 0.306 e. The van der Waals surface area contributed by atoms with Gasteiger partial charge in [-0.25, -0.2) is 0 Å². The van der Waals surface area contributed by atoms with Crippen LogP contribution in [0.3, 0.4) is 0 Å². The number of hydrogen-bond donors (Lipinski definition) is 0. The lowest BCUT2D eigenvalue weighted by Crippen LogP contribution is -2.50. The van der Waals surface area contributed by atoms with Gasteiger partial charge in [-0.3, -0.25) is 4.90 Å². The molecule has 94 valence electrons. The zero-order valence-electron chi connectivity index (χ0n) is 9.63. The van der Waals surface area contributed by atoms with Crippen molar-refractivity contribution in [1.82, 2.24) is 9.80 Å². The maximum Gasteiger partial charge on any atom is 0.404 e. The van der Waals surface area contributed by atoms with Crippen molar-refractivity contribution >= 4 is 0 Å². The van der Waals surface area contributed by atoms with Crippen LogP contribution in [0.1, 0.15) is 25.7 Å². The molecule has 0 aromatic heterocycles. The number of alkyl halides is 3. The molecule has 2 fully saturated rings. The van der Waals surface area contributed by atoms with Gasteiger partial charge in [0.15, 0.2) is 0 Å². The third kappa shape index (κ3) is 2.51. The van der Waals surface area contributed by atoms with Crippen molar-refractivity contribution in [3.05, 3.63) is 0 Å². The average molecular weight is 236 g/mol. The van der Waals surface area contributed by atoms with E-state index in [1.165, 1.54) is 0 Å². The topological polar surface area (TPSA) is 6.48 Å². The lowest BCUT2D eigenvalue weighted by atomic mass is 10.0. The predicted octanol–water partition coefficient (Wildman–Crippen LogP) is 2.11. The molecule has 1 atom stereocenters. The zero-order chi connectivity index (χ0) is 11.8. The van der Waals surface area contributed by atoms with Gasteiger partial charge in [0.25, 0.3) is 0 Å². The Balaban J connectivity index is 1.98. The van der Waals surface area contributed by atoms with E-state index >= 15 is 0 Å². The van der Waals surface area contributed by atoms with E-state index in [2.05, 4.69) is 4.90 Å². The highest BCUT2D eigenvalue weighted by molar-refractivity contribution is 4.91. The summed E-state index contributed by atoms with van der Waals surface area (Å²) in [6.45, 7) is 2.47. The van der Waals surface area contributed by atoms with Crippen LogP contribution < -0.4 is 0 Å². The summed E-state index contributed by atoms with van der Waals surface area (Å²) >= 11 is 0. The Kier molecular flexibility index (Phi) is 3.45. The number of piperidine rings is 1. The van der Waals surface area contributed by atoms with Gasteiger partial charge < -0.3 is 4.90 Å². The van der Waals surface area contributed by atoms with Crippen LogP contribution in [0.5, 0.6) is 0 Å². The average Bonchev–Trinajstić information content (AvgIpc) is 2.66. The normalized spacial score (nSPS) is 31.1. The van der Waals surface area contributed by atoms with Gasteiger partial charge in [0.1, 0.15) is 6.04 Å². The van der Waals surface area contributed by atoms with Crippen LogP contribution in [0.4, 0.5) is 13.2 Å². The standard InChI is InChI=1S/C11H19F3N2/c1-15-7-4-9(5-8-15)16-6-2-3-10(16)11(12,13)14/h9-10H,2-8H2,1H3/t10-/m0/s1. The Morgan fingerprint density at radius 3 is 2.19 bits per heavy atom. The summed E-state index contributed by atoms with van der Waals surface area (Å²) < 4.78 is 38.4. The van der Waals surface area contributed by atoms with E-state index in [0.717, 1.165) is 25.9 Å². The first-order valence-electron chi connectivity index (χ1n) is 5.99. The second-order valence-corrected chi connectivity index (χ2v) is 4.97. The molecule has 2 heterocycles. The van der Waals surface area contributed by atoms with Gasteiger partial charge in [-0.05, 0) is 52.4 Å². The van der Waals surface area contributed by atoms with Crippen LogP contribution >= 0.6 is 0 Å². The second kappa shape index (κ2) is 4.53. The monoisotopic (exact) mass is 236 g/mol. The fourth-order valence-electron chi connectivity index (χ4n) is 2.90. The van der Waals surface area contributed by atoms with Gasteiger partial charge >= 0.3 is 6.18 Å². The van der Waals surface area contributed by atoms with Crippen molar-refractivity contribution < 1.29 is 13.2 Å². The summed E-state index contributed by atoms with van der Waals surface area (Å²) in [6.07, 6.45) is -1.31. The highest BCUT2D eigenvalue weighted by Gasteiger charge is 2.47. The Morgan fingerprint density at radius 2 is 1.62 bits per heavy atom. The fourth-order valence-corrected chi connectivity index (χ4v) is 2.90. The Hall–Kier alpha value is -0.290. The molecule has 2 aliphatic heterocycles. The molecule has 2 nitrogen and oxygen atoms in total. The molecule has 0 amide bonds. The SMILES string of the molecule is CN1CCC(N2CCC[C@H]2C(F)(F)F)CC1. The van der Waals surface area contributed by atoms with Gasteiger partial charge in [0, 0.05) is 6.04 Å². The van der Waals surface area contributed by atoms with Crippen molar-refractivity contribution in [3.8, 4) is 0 Å². The molecule has 2 rings (SSSR count). The molecular weight excluding hydrogens is 217 g/mol. The van der Waals surface area contributed by atoms with Crippen molar-refractivity contribution in [2.24, 2.45) is 0 Å². The summed E-state index contributed by atoms with van der Waals surface area (Å²) in [5.74, 6) is 0. The van der Waals surface area contributed by atoms with Gasteiger partial charge in [-0.15, -0.1) is 0 Å². The molecule has 5 heteroatoms. The maximum atomic E-state index is 12.8. The van der Waals surface area contributed by atoms with E-state index in [1.807, 2.05) is 7.05 Å². The molecule has 0 spiro atoms. The van der Waals surface area contributed by atoms with Crippen LogP contribution in [0.2, 0.25) is 0 Å². The van der Waals surface area contributed by atoms with Crippen LogP contribution in [0, 0.1) is 0 Å². The summed E-state index contributed by atoms with van der Waals surface area (Å²) in [5, 5.41) is 0. The second-order valence-electron chi connectivity index (χ2n) is 4.97. The summed E-state index contributed by atoms with van der Waals surface area (Å²) in [4.78, 5) is 3.89. The molecule has 0 N–H and O–H groups in total. The van der Waals surface area contributed by atoms with E-state index in [-0.39, 0.29) is 12.5 Å². The number of likely N-dealkylation sites (tertiary alicyclic amines) is 2. The van der Waals surface area contributed by atoms with E-state index in [9.17, 15) is 13.2 Å². The van der Waals surface area contributed by atoms with Crippen LogP contribution in [-0.4, -0.2) is 54.7 Å². The third-order valence-corrected chi connectivity index (χ3v) is 3.83. The Morgan fingerprint density at radius 1 is 1.00 bits per heavy atom. The first-order valence-corrected chi connectivity index (χ1v) is 5.99. The molecule has 0 radical (unpaired) electrons. The van der Waals surface area contributed by atoms with E-state index in [4.69, 9.17) is 0 Å². The summed E-state index contributed by atoms with van der Waals surface area (Å²) in [5.41, 5.74) is 0.